The first kappa shape index (κ1) is 21.7. The summed E-state index contributed by atoms with van der Waals surface area (Å²) in [6.45, 7) is 0.469. The van der Waals surface area contributed by atoms with E-state index < -0.39 is 0 Å². The van der Waals surface area contributed by atoms with Crippen LogP contribution in [0.25, 0.3) is 0 Å². The molecule has 0 radical (unpaired) electrons. The highest BCUT2D eigenvalue weighted by Crippen LogP contribution is 2.39. The number of rotatable bonds is 6. The second-order valence-corrected chi connectivity index (χ2v) is 9.74. The number of anilines is 2. The van der Waals surface area contributed by atoms with Gasteiger partial charge >= 0.3 is 0 Å². The summed E-state index contributed by atoms with van der Waals surface area (Å²) in [5.74, 6) is -0.187. The van der Waals surface area contributed by atoms with E-state index in [1.54, 1.807) is 29.5 Å². The van der Waals surface area contributed by atoms with Gasteiger partial charge in [-0.15, -0.1) is 0 Å². The van der Waals surface area contributed by atoms with Crippen LogP contribution in [-0.2, 0) is 6.54 Å². The molecule has 2 saturated heterocycles. The molecule has 5 N–H and O–H groups in total. The summed E-state index contributed by atoms with van der Waals surface area (Å²) in [5.41, 5.74) is 10.9. The number of nitrogens with one attached hydrogen (secondary N) is 2. The molecule has 5 rings (SSSR count). The lowest BCUT2D eigenvalue weighted by Gasteiger charge is -2.39. The number of nitrogens with two attached hydrogens (primary N) is 1. The third-order valence-corrected chi connectivity index (χ3v) is 7.51. The van der Waals surface area contributed by atoms with E-state index in [1.165, 1.54) is 0 Å². The van der Waals surface area contributed by atoms with Crippen LogP contribution in [-0.4, -0.2) is 34.9 Å². The number of piperidine rings is 1. The summed E-state index contributed by atoms with van der Waals surface area (Å²) < 4.78 is 0. The molecule has 2 aliphatic rings. The van der Waals surface area contributed by atoms with Gasteiger partial charge in [-0.3, -0.25) is 10.2 Å². The third-order valence-electron chi connectivity index (χ3n) is 6.78. The van der Waals surface area contributed by atoms with Crippen LogP contribution in [0, 0.1) is 5.41 Å². The van der Waals surface area contributed by atoms with Crippen LogP contribution in [0.15, 0.2) is 59.3 Å². The zero-order valence-electron chi connectivity index (χ0n) is 18.3. The average molecular weight is 461 g/mol. The molecule has 170 valence electrons. The predicted molar refractivity (Wildman–Crippen MR) is 133 cm³/mol. The zero-order chi connectivity index (χ0) is 22.9. The molecule has 2 aromatic carbocycles. The van der Waals surface area contributed by atoms with Crippen molar-refractivity contribution in [1.82, 2.24) is 5.32 Å². The van der Waals surface area contributed by atoms with Crippen molar-refractivity contribution < 1.29 is 9.90 Å². The molecule has 0 aliphatic carbocycles. The Morgan fingerprint density at radius 1 is 1.09 bits per heavy atom. The Morgan fingerprint density at radius 3 is 2.45 bits per heavy atom. The second-order valence-electron chi connectivity index (χ2n) is 8.96. The van der Waals surface area contributed by atoms with E-state index in [0.717, 1.165) is 42.5 Å². The van der Waals surface area contributed by atoms with E-state index in [9.17, 15) is 9.90 Å². The number of fused-ring (bicyclic) bond motifs is 2. The number of nitrogen functional groups attached to an aromatic ring is 1. The van der Waals surface area contributed by atoms with Crippen LogP contribution in [0.2, 0.25) is 0 Å². The van der Waals surface area contributed by atoms with Crippen molar-refractivity contribution in [2.24, 2.45) is 0 Å². The molecule has 7 heteroatoms. The van der Waals surface area contributed by atoms with Crippen molar-refractivity contribution in [3.8, 4) is 0 Å². The standard InChI is InChI=1S/C26H28N4O2S/c27-24-8-3-18(26(32)29-14-16-9-10-33-15-16)11-23(24)25(28)17-1-4-19(5-2-17)30-20-6-7-21(30)13-22(31)12-20/h1-5,8-11,15,20-22,28,31H,6-7,12-14,27H2,(H,29,32). The van der Waals surface area contributed by atoms with Crippen molar-refractivity contribution in [1.29, 1.82) is 5.41 Å². The van der Waals surface area contributed by atoms with Gasteiger partial charge in [-0.1, -0.05) is 12.1 Å². The first-order valence-corrected chi connectivity index (χ1v) is 12.3. The molecule has 0 spiro atoms. The average Bonchev–Trinajstić information content (AvgIpc) is 3.43. The lowest BCUT2D eigenvalue weighted by atomic mass is 9.96. The molecule has 2 bridgehead atoms. The number of amides is 1. The van der Waals surface area contributed by atoms with Gasteiger partial charge in [0.05, 0.1) is 11.8 Å². The SMILES string of the molecule is N=C(c1ccc(N2C3CCC2CC(O)C3)cc1)c1cc(C(=O)NCc2ccsc2)ccc1N. The summed E-state index contributed by atoms with van der Waals surface area (Å²) in [7, 11) is 0. The molecule has 2 atom stereocenters. The van der Waals surface area contributed by atoms with Gasteiger partial charge in [0.2, 0.25) is 0 Å². The minimum atomic E-state index is -0.191. The summed E-state index contributed by atoms with van der Waals surface area (Å²) in [6.07, 6.45) is 3.70. The normalized spacial score (nSPS) is 21.7. The summed E-state index contributed by atoms with van der Waals surface area (Å²) >= 11 is 1.60. The van der Waals surface area contributed by atoms with E-state index >= 15 is 0 Å². The molecule has 2 fully saturated rings. The summed E-state index contributed by atoms with van der Waals surface area (Å²) in [6, 6.07) is 15.9. The van der Waals surface area contributed by atoms with Crippen molar-refractivity contribution in [3.05, 3.63) is 81.5 Å². The maximum atomic E-state index is 12.6. The maximum Gasteiger partial charge on any atom is 0.251 e. The number of aliphatic hydroxyl groups is 1. The molecule has 33 heavy (non-hydrogen) atoms. The number of aliphatic hydroxyl groups excluding tert-OH is 1. The Kier molecular flexibility index (Phi) is 5.91. The Balaban J connectivity index is 1.32. The van der Waals surface area contributed by atoms with Crippen molar-refractivity contribution in [2.75, 3.05) is 10.6 Å². The third kappa shape index (κ3) is 4.38. The van der Waals surface area contributed by atoms with E-state index in [2.05, 4.69) is 22.3 Å². The molecule has 3 heterocycles. The number of hydrogen-bond donors (Lipinski definition) is 4. The fraction of sp³-hybridized carbons (Fsp3) is 0.308. The molecule has 1 aromatic heterocycles. The van der Waals surface area contributed by atoms with Gasteiger partial charge in [0.15, 0.2) is 0 Å². The number of benzene rings is 2. The largest absolute Gasteiger partial charge is 0.398 e. The molecule has 0 saturated carbocycles. The topological polar surface area (TPSA) is 102 Å². The lowest BCUT2D eigenvalue weighted by molar-refractivity contribution is 0.0951. The number of carbonyl (C=O) groups is 1. The van der Waals surface area contributed by atoms with Gasteiger partial charge in [-0.05, 0) is 78.4 Å². The second kappa shape index (κ2) is 9.00. The van der Waals surface area contributed by atoms with Crippen LogP contribution >= 0.6 is 11.3 Å². The van der Waals surface area contributed by atoms with Gasteiger partial charge in [0.1, 0.15) is 0 Å². The van der Waals surface area contributed by atoms with E-state index in [0.29, 0.717) is 41.2 Å². The smallest absolute Gasteiger partial charge is 0.251 e. The fourth-order valence-corrected chi connectivity index (χ4v) is 5.79. The molecule has 2 aliphatic heterocycles. The molecule has 1 amide bonds. The Bertz CT molecular complexity index is 1150. The minimum absolute atomic E-state index is 0.187. The number of carbonyl (C=O) groups excluding carboxylic acids is 1. The van der Waals surface area contributed by atoms with Gasteiger partial charge in [-0.25, -0.2) is 0 Å². The van der Waals surface area contributed by atoms with E-state index in [4.69, 9.17) is 11.1 Å². The van der Waals surface area contributed by atoms with Crippen LogP contribution in [0.5, 0.6) is 0 Å². The number of hydrogen-bond acceptors (Lipinski definition) is 6. The highest BCUT2D eigenvalue weighted by Gasteiger charge is 2.40. The van der Waals surface area contributed by atoms with E-state index in [-0.39, 0.29) is 12.0 Å². The summed E-state index contributed by atoms with van der Waals surface area (Å²) in [4.78, 5) is 15.1. The first-order chi connectivity index (χ1) is 16.0. The van der Waals surface area contributed by atoms with Crippen molar-refractivity contribution in [3.63, 3.8) is 0 Å². The lowest BCUT2D eigenvalue weighted by Crippen LogP contribution is -2.44. The van der Waals surface area contributed by atoms with E-state index in [1.807, 2.05) is 29.0 Å². The predicted octanol–water partition coefficient (Wildman–Crippen LogP) is 4.17. The van der Waals surface area contributed by atoms with Crippen LogP contribution in [0.1, 0.15) is 52.7 Å². The highest BCUT2D eigenvalue weighted by molar-refractivity contribution is 7.07. The number of thiophene rings is 1. The summed E-state index contributed by atoms with van der Waals surface area (Å²) in [5, 5.41) is 25.7. The van der Waals surface area contributed by atoms with Gasteiger partial charge in [-0.2, -0.15) is 11.3 Å². The fourth-order valence-electron chi connectivity index (χ4n) is 5.12. The van der Waals surface area contributed by atoms with Crippen LogP contribution < -0.4 is 16.0 Å². The van der Waals surface area contributed by atoms with Crippen LogP contribution in [0.3, 0.4) is 0 Å². The van der Waals surface area contributed by atoms with Gasteiger partial charge in [0, 0.05) is 46.7 Å². The molecular weight excluding hydrogens is 432 g/mol. The zero-order valence-corrected chi connectivity index (χ0v) is 19.1. The van der Waals surface area contributed by atoms with Gasteiger partial charge < -0.3 is 21.1 Å². The quantitative estimate of drug-likeness (QED) is 0.327. The highest BCUT2D eigenvalue weighted by atomic mass is 32.1. The Labute approximate surface area is 197 Å². The molecule has 3 aromatic rings. The molecule has 2 unspecified atom stereocenters. The minimum Gasteiger partial charge on any atom is -0.398 e. The Morgan fingerprint density at radius 2 is 1.79 bits per heavy atom. The maximum absolute atomic E-state index is 12.6. The van der Waals surface area contributed by atoms with Crippen molar-refractivity contribution in [2.45, 2.75) is 50.4 Å². The van der Waals surface area contributed by atoms with Gasteiger partial charge in [0.25, 0.3) is 5.91 Å². The Hall–Kier alpha value is -3.16. The number of nitrogens with zero attached hydrogens (tertiary/aromatic N) is 1. The molecular formula is C26H28N4O2S. The van der Waals surface area contributed by atoms with Crippen molar-refractivity contribution >= 4 is 34.3 Å². The monoisotopic (exact) mass is 460 g/mol. The molecule has 6 nitrogen and oxygen atoms in total. The first-order valence-electron chi connectivity index (χ1n) is 11.3. The van der Waals surface area contributed by atoms with Crippen LogP contribution in [0.4, 0.5) is 11.4 Å².